The van der Waals surface area contributed by atoms with Crippen molar-refractivity contribution in [2.45, 2.75) is 13.3 Å². The number of carbonyl (C=O) groups excluding carboxylic acids is 1. The van der Waals surface area contributed by atoms with Crippen molar-refractivity contribution < 1.29 is 13.2 Å². The van der Waals surface area contributed by atoms with Gasteiger partial charge in [-0.05, 0) is 31.0 Å². The van der Waals surface area contributed by atoms with Crippen molar-refractivity contribution in [2.24, 2.45) is 5.92 Å². The molecule has 1 fully saturated rings. The van der Waals surface area contributed by atoms with Crippen LogP contribution in [0.25, 0.3) is 0 Å². The molecular formula is C12H16N2O3S. The number of carbonyl (C=O) groups is 1. The van der Waals surface area contributed by atoms with E-state index in [1.807, 2.05) is 13.0 Å². The highest BCUT2D eigenvalue weighted by molar-refractivity contribution is 7.91. The van der Waals surface area contributed by atoms with E-state index in [9.17, 15) is 13.2 Å². The highest BCUT2D eigenvalue weighted by Gasteiger charge is 2.33. The fourth-order valence-corrected chi connectivity index (χ4v) is 3.75. The van der Waals surface area contributed by atoms with E-state index in [0.29, 0.717) is 17.8 Å². The molecule has 5 nitrogen and oxygen atoms in total. The maximum atomic E-state index is 11.9. The zero-order chi connectivity index (χ0) is 13.3. The van der Waals surface area contributed by atoms with Crippen LogP contribution in [-0.2, 0) is 14.6 Å². The summed E-state index contributed by atoms with van der Waals surface area (Å²) in [6.45, 7) is 1.86. The second-order valence-corrected chi connectivity index (χ2v) is 6.89. The number of amides is 1. The maximum Gasteiger partial charge on any atom is 0.228 e. The molecule has 98 valence electrons. The van der Waals surface area contributed by atoms with Gasteiger partial charge in [0.25, 0.3) is 0 Å². The lowest BCUT2D eigenvalue weighted by Crippen LogP contribution is -2.24. The highest BCUT2D eigenvalue weighted by atomic mass is 32.2. The molecule has 0 aliphatic carbocycles. The number of benzene rings is 1. The van der Waals surface area contributed by atoms with Crippen molar-refractivity contribution in [1.29, 1.82) is 0 Å². The summed E-state index contributed by atoms with van der Waals surface area (Å²) in [5, 5.41) is 2.75. The topological polar surface area (TPSA) is 89.3 Å². The number of hydrogen-bond donors (Lipinski definition) is 2. The van der Waals surface area contributed by atoms with Gasteiger partial charge < -0.3 is 11.1 Å². The number of nitrogens with one attached hydrogen (secondary N) is 1. The van der Waals surface area contributed by atoms with Crippen molar-refractivity contribution in [2.75, 3.05) is 22.6 Å². The molecule has 1 aliphatic heterocycles. The summed E-state index contributed by atoms with van der Waals surface area (Å²) in [5.74, 6) is -0.651. The van der Waals surface area contributed by atoms with E-state index in [-0.39, 0.29) is 17.4 Å². The van der Waals surface area contributed by atoms with Crippen molar-refractivity contribution in [1.82, 2.24) is 0 Å². The molecule has 0 aromatic heterocycles. The summed E-state index contributed by atoms with van der Waals surface area (Å²) in [6.07, 6.45) is 0.398. The highest BCUT2D eigenvalue weighted by Crippen LogP contribution is 2.23. The van der Waals surface area contributed by atoms with Gasteiger partial charge in [0.15, 0.2) is 9.84 Å². The predicted molar refractivity (Wildman–Crippen MR) is 71.0 cm³/mol. The predicted octanol–water partition coefficient (Wildman–Crippen LogP) is 0.950. The molecule has 1 saturated heterocycles. The van der Waals surface area contributed by atoms with Gasteiger partial charge in [-0.3, -0.25) is 4.79 Å². The SMILES string of the molecule is Cc1ccc(N)cc1NC(=O)C1CCS(=O)(=O)C1. The fraction of sp³-hybridized carbons (Fsp3) is 0.417. The summed E-state index contributed by atoms with van der Waals surface area (Å²) in [5.41, 5.74) is 7.76. The first-order chi connectivity index (χ1) is 8.37. The molecule has 0 radical (unpaired) electrons. The maximum absolute atomic E-state index is 11.9. The van der Waals surface area contributed by atoms with Crippen molar-refractivity contribution >= 4 is 27.1 Å². The van der Waals surface area contributed by atoms with E-state index >= 15 is 0 Å². The Labute approximate surface area is 106 Å². The van der Waals surface area contributed by atoms with Crippen LogP contribution in [0.3, 0.4) is 0 Å². The second-order valence-electron chi connectivity index (χ2n) is 4.66. The first kappa shape index (κ1) is 12.9. The summed E-state index contributed by atoms with van der Waals surface area (Å²) >= 11 is 0. The van der Waals surface area contributed by atoms with Crippen LogP contribution in [0.2, 0.25) is 0 Å². The minimum absolute atomic E-state index is 0.0554. The van der Waals surface area contributed by atoms with E-state index in [4.69, 9.17) is 5.73 Å². The minimum Gasteiger partial charge on any atom is -0.399 e. The van der Waals surface area contributed by atoms with Crippen LogP contribution in [0, 0.1) is 12.8 Å². The Kier molecular flexibility index (Phi) is 3.30. The zero-order valence-corrected chi connectivity index (χ0v) is 11.0. The van der Waals surface area contributed by atoms with Crippen LogP contribution in [0.1, 0.15) is 12.0 Å². The molecule has 1 atom stereocenters. The molecule has 0 spiro atoms. The smallest absolute Gasteiger partial charge is 0.228 e. The van der Waals surface area contributed by atoms with Gasteiger partial charge in [-0.1, -0.05) is 6.07 Å². The number of nitrogens with two attached hydrogens (primary N) is 1. The summed E-state index contributed by atoms with van der Waals surface area (Å²) in [4.78, 5) is 11.9. The van der Waals surface area contributed by atoms with Crippen molar-refractivity contribution in [3.05, 3.63) is 23.8 Å². The lowest BCUT2D eigenvalue weighted by atomic mass is 10.1. The van der Waals surface area contributed by atoms with Gasteiger partial charge in [0.2, 0.25) is 5.91 Å². The molecule has 1 heterocycles. The van der Waals surface area contributed by atoms with Crippen LogP contribution < -0.4 is 11.1 Å². The summed E-state index contributed by atoms with van der Waals surface area (Å²) in [7, 11) is -3.04. The molecule has 2 rings (SSSR count). The van der Waals surface area contributed by atoms with E-state index in [1.165, 1.54) is 0 Å². The average molecular weight is 268 g/mol. The number of sulfone groups is 1. The molecule has 3 N–H and O–H groups in total. The number of anilines is 2. The van der Waals surface area contributed by atoms with Crippen LogP contribution in [-0.4, -0.2) is 25.8 Å². The van der Waals surface area contributed by atoms with Crippen LogP contribution in [0.15, 0.2) is 18.2 Å². The third-order valence-corrected chi connectivity index (χ3v) is 4.89. The summed E-state index contributed by atoms with van der Waals surface area (Å²) < 4.78 is 22.6. The normalized spacial score (nSPS) is 21.7. The van der Waals surface area contributed by atoms with Crippen molar-refractivity contribution in [3.8, 4) is 0 Å². The van der Waals surface area contributed by atoms with Gasteiger partial charge in [0.1, 0.15) is 0 Å². The van der Waals surface area contributed by atoms with Gasteiger partial charge in [0, 0.05) is 11.4 Å². The van der Waals surface area contributed by atoms with E-state index in [0.717, 1.165) is 5.56 Å². The molecule has 1 aromatic rings. The van der Waals surface area contributed by atoms with Gasteiger partial charge in [-0.15, -0.1) is 0 Å². The quantitative estimate of drug-likeness (QED) is 0.781. The third kappa shape index (κ3) is 2.81. The lowest BCUT2D eigenvalue weighted by molar-refractivity contribution is -0.119. The number of hydrogen-bond acceptors (Lipinski definition) is 4. The van der Waals surface area contributed by atoms with Gasteiger partial charge in [-0.25, -0.2) is 8.42 Å². The molecule has 0 bridgehead atoms. The molecule has 18 heavy (non-hydrogen) atoms. The fourth-order valence-electron chi connectivity index (χ4n) is 2.01. The molecule has 1 amide bonds. The van der Waals surface area contributed by atoms with Crippen LogP contribution in [0.5, 0.6) is 0 Å². The van der Waals surface area contributed by atoms with Crippen molar-refractivity contribution in [3.63, 3.8) is 0 Å². The summed E-state index contributed by atoms with van der Waals surface area (Å²) in [6, 6.07) is 5.25. The van der Waals surface area contributed by atoms with Gasteiger partial charge >= 0.3 is 0 Å². The zero-order valence-electron chi connectivity index (χ0n) is 10.1. The Morgan fingerprint density at radius 2 is 2.17 bits per heavy atom. The largest absolute Gasteiger partial charge is 0.399 e. The van der Waals surface area contributed by atoms with Gasteiger partial charge in [-0.2, -0.15) is 0 Å². The minimum atomic E-state index is -3.04. The molecular weight excluding hydrogens is 252 g/mol. The van der Waals surface area contributed by atoms with E-state index < -0.39 is 15.8 Å². The Balaban J connectivity index is 2.10. The second kappa shape index (κ2) is 4.61. The molecule has 1 unspecified atom stereocenters. The average Bonchev–Trinajstić information content (AvgIpc) is 2.64. The lowest BCUT2D eigenvalue weighted by Gasteiger charge is -2.12. The molecule has 0 saturated carbocycles. The molecule has 1 aliphatic rings. The number of nitrogen functional groups attached to an aromatic ring is 1. The first-order valence-electron chi connectivity index (χ1n) is 5.75. The first-order valence-corrected chi connectivity index (χ1v) is 7.57. The molecule has 6 heteroatoms. The van der Waals surface area contributed by atoms with Gasteiger partial charge in [0.05, 0.1) is 17.4 Å². The number of aryl methyl sites for hydroxylation is 1. The Morgan fingerprint density at radius 3 is 2.78 bits per heavy atom. The Hall–Kier alpha value is -1.56. The van der Waals surface area contributed by atoms with Crippen LogP contribution >= 0.6 is 0 Å². The Morgan fingerprint density at radius 1 is 1.44 bits per heavy atom. The van der Waals surface area contributed by atoms with E-state index in [2.05, 4.69) is 5.32 Å². The van der Waals surface area contributed by atoms with E-state index in [1.54, 1.807) is 12.1 Å². The Bertz CT molecular complexity index is 581. The number of rotatable bonds is 2. The standard InChI is InChI=1S/C12H16N2O3S/c1-8-2-3-10(13)6-11(8)14-12(15)9-4-5-18(16,17)7-9/h2-3,6,9H,4-5,7,13H2,1H3,(H,14,15). The van der Waals surface area contributed by atoms with Crippen LogP contribution in [0.4, 0.5) is 11.4 Å². The molecule has 1 aromatic carbocycles. The monoisotopic (exact) mass is 268 g/mol. The third-order valence-electron chi connectivity index (χ3n) is 3.12.